The van der Waals surface area contributed by atoms with Gasteiger partial charge in [0.2, 0.25) is 11.8 Å². The van der Waals surface area contributed by atoms with Gasteiger partial charge in [0, 0.05) is 45.1 Å². The van der Waals surface area contributed by atoms with Crippen molar-refractivity contribution in [2.24, 2.45) is 11.8 Å². The van der Waals surface area contributed by atoms with Crippen LogP contribution in [0.25, 0.3) is 0 Å². The molecule has 0 radical (unpaired) electrons. The molecule has 3 saturated heterocycles. The van der Waals surface area contributed by atoms with E-state index in [0.29, 0.717) is 38.7 Å². The number of nitrogens with zero attached hydrogens (tertiary/aromatic N) is 3. The highest BCUT2D eigenvalue weighted by atomic mass is 16.6. The molecule has 0 N–H and O–H groups in total. The molecule has 3 amide bonds. The van der Waals surface area contributed by atoms with Gasteiger partial charge in [-0.2, -0.15) is 0 Å². The molecule has 1 atom stereocenters. The Hall–Kier alpha value is -1.79. The second-order valence-electron chi connectivity index (χ2n) is 8.60. The molecule has 0 aliphatic carbocycles. The number of hydrogen-bond donors (Lipinski definition) is 0. The molecule has 7 nitrogen and oxygen atoms in total. The van der Waals surface area contributed by atoms with Crippen molar-refractivity contribution in [3.05, 3.63) is 0 Å². The van der Waals surface area contributed by atoms with Crippen LogP contribution < -0.4 is 0 Å². The molecule has 3 rings (SSSR count). The summed E-state index contributed by atoms with van der Waals surface area (Å²) in [5.41, 5.74) is 0. The molecule has 3 heterocycles. The first-order valence-corrected chi connectivity index (χ1v) is 10.4. The Morgan fingerprint density at radius 1 is 1.04 bits per heavy atom. The minimum Gasteiger partial charge on any atom is -0.447 e. The van der Waals surface area contributed by atoms with Gasteiger partial charge in [-0.1, -0.05) is 13.8 Å². The van der Waals surface area contributed by atoms with Crippen LogP contribution in [0.3, 0.4) is 0 Å². The maximum absolute atomic E-state index is 12.8. The Morgan fingerprint density at radius 3 is 2.19 bits per heavy atom. The predicted molar refractivity (Wildman–Crippen MR) is 101 cm³/mol. The summed E-state index contributed by atoms with van der Waals surface area (Å²) >= 11 is 0. The van der Waals surface area contributed by atoms with Crippen LogP contribution in [-0.2, 0) is 14.3 Å². The molecule has 27 heavy (non-hydrogen) atoms. The van der Waals surface area contributed by atoms with Gasteiger partial charge in [-0.25, -0.2) is 4.79 Å². The standard InChI is InChI=1S/C20H33N3O4/c1-14(2)12-18-13-27-20(26)23(18)17-6-10-22(11-7-17)19(25)16-4-8-21(9-5-16)15(3)24/h14,16-18H,4-13H2,1-3H3. The summed E-state index contributed by atoms with van der Waals surface area (Å²) in [4.78, 5) is 42.2. The van der Waals surface area contributed by atoms with Crippen molar-refractivity contribution in [3.63, 3.8) is 0 Å². The van der Waals surface area contributed by atoms with Crippen molar-refractivity contribution < 1.29 is 19.1 Å². The lowest BCUT2D eigenvalue weighted by Crippen LogP contribution is -2.51. The Labute approximate surface area is 162 Å². The zero-order valence-corrected chi connectivity index (χ0v) is 16.9. The number of carbonyl (C=O) groups excluding carboxylic acids is 3. The molecule has 3 aliphatic rings. The van der Waals surface area contributed by atoms with Crippen molar-refractivity contribution in [1.29, 1.82) is 0 Å². The fourth-order valence-corrected chi connectivity index (χ4v) is 4.71. The molecule has 0 saturated carbocycles. The molecule has 0 aromatic rings. The molecule has 7 heteroatoms. The van der Waals surface area contributed by atoms with Gasteiger partial charge in [-0.3, -0.25) is 14.5 Å². The first-order valence-electron chi connectivity index (χ1n) is 10.4. The Kier molecular flexibility index (Phi) is 6.27. The van der Waals surface area contributed by atoms with Crippen LogP contribution >= 0.6 is 0 Å². The van der Waals surface area contributed by atoms with E-state index in [-0.39, 0.29) is 35.9 Å². The highest BCUT2D eigenvalue weighted by Gasteiger charge is 2.40. The maximum Gasteiger partial charge on any atom is 0.410 e. The number of amides is 3. The molecule has 3 fully saturated rings. The zero-order valence-electron chi connectivity index (χ0n) is 16.9. The summed E-state index contributed by atoms with van der Waals surface area (Å²) in [6.45, 7) is 9.17. The average Bonchev–Trinajstić information content (AvgIpc) is 3.01. The fraction of sp³-hybridized carbons (Fsp3) is 0.850. The van der Waals surface area contributed by atoms with E-state index in [4.69, 9.17) is 4.74 Å². The van der Waals surface area contributed by atoms with E-state index in [1.54, 1.807) is 6.92 Å². The van der Waals surface area contributed by atoms with Crippen LogP contribution in [0.1, 0.15) is 52.9 Å². The van der Waals surface area contributed by atoms with Gasteiger partial charge in [0.1, 0.15) is 6.61 Å². The van der Waals surface area contributed by atoms with Crippen molar-refractivity contribution in [2.75, 3.05) is 32.8 Å². The molecule has 1 unspecified atom stereocenters. The van der Waals surface area contributed by atoms with E-state index in [1.165, 1.54) is 0 Å². The number of likely N-dealkylation sites (tertiary alicyclic amines) is 2. The van der Waals surface area contributed by atoms with Crippen LogP contribution in [0.15, 0.2) is 0 Å². The number of ether oxygens (including phenoxy) is 1. The highest BCUT2D eigenvalue weighted by molar-refractivity contribution is 5.80. The van der Waals surface area contributed by atoms with Gasteiger partial charge in [0.25, 0.3) is 0 Å². The lowest BCUT2D eigenvalue weighted by Gasteiger charge is -2.40. The molecule has 0 spiro atoms. The summed E-state index contributed by atoms with van der Waals surface area (Å²) in [6.07, 6.45) is 3.92. The third kappa shape index (κ3) is 4.55. The van der Waals surface area contributed by atoms with Gasteiger partial charge in [-0.05, 0) is 38.0 Å². The van der Waals surface area contributed by atoms with Gasteiger partial charge < -0.3 is 14.5 Å². The molecule has 152 valence electrons. The van der Waals surface area contributed by atoms with Gasteiger partial charge in [0.15, 0.2) is 0 Å². The van der Waals surface area contributed by atoms with Crippen LogP contribution in [-0.4, -0.2) is 77.5 Å². The van der Waals surface area contributed by atoms with Crippen LogP contribution in [0, 0.1) is 11.8 Å². The summed E-state index contributed by atoms with van der Waals surface area (Å²) in [5, 5.41) is 0. The normalized spacial score (nSPS) is 25.3. The van der Waals surface area contributed by atoms with Gasteiger partial charge >= 0.3 is 6.09 Å². The van der Waals surface area contributed by atoms with Crippen LogP contribution in [0.4, 0.5) is 4.79 Å². The average molecular weight is 380 g/mol. The van der Waals surface area contributed by atoms with E-state index < -0.39 is 0 Å². The number of carbonyl (C=O) groups is 3. The lowest BCUT2D eigenvalue weighted by molar-refractivity contribution is -0.141. The van der Waals surface area contributed by atoms with E-state index >= 15 is 0 Å². The molecule has 0 aromatic carbocycles. The Bertz CT molecular complexity index is 564. The smallest absolute Gasteiger partial charge is 0.410 e. The number of cyclic esters (lactones) is 1. The van der Waals surface area contributed by atoms with Crippen molar-refractivity contribution in [3.8, 4) is 0 Å². The highest BCUT2D eigenvalue weighted by Crippen LogP contribution is 2.28. The van der Waals surface area contributed by atoms with E-state index in [0.717, 1.165) is 32.1 Å². The monoisotopic (exact) mass is 379 g/mol. The second kappa shape index (κ2) is 8.48. The van der Waals surface area contributed by atoms with Crippen LogP contribution in [0.2, 0.25) is 0 Å². The molecule has 3 aliphatic heterocycles. The fourth-order valence-electron chi connectivity index (χ4n) is 4.71. The third-order valence-corrected chi connectivity index (χ3v) is 6.21. The summed E-state index contributed by atoms with van der Waals surface area (Å²) < 4.78 is 5.31. The van der Waals surface area contributed by atoms with Crippen LogP contribution in [0.5, 0.6) is 0 Å². The topological polar surface area (TPSA) is 70.2 Å². The van der Waals surface area contributed by atoms with E-state index in [2.05, 4.69) is 13.8 Å². The lowest BCUT2D eigenvalue weighted by atomic mass is 9.93. The zero-order chi connectivity index (χ0) is 19.6. The van der Waals surface area contributed by atoms with Gasteiger partial charge in [-0.15, -0.1) is 0 Å². The van der Waals surface area contributed by atoms with E-state index in [9.17, 15) is 14.4 Å². The predicted octanol–water partition coefficient (Wildman–Crippen LogP) is 2.10. The second-order valence-corrected chi connectivity index (χ2v) is 8.60. The van der Waals surface area contributed by atoms with E-state index in [1.807, 2.05) is 14.7 Å². The Morgan fingerprint density at radius 2 is 1.63 bits per heavy atom. The quantitative estimate of drug-likeness (QED) is 0.750. The number of hydrogen-bond acceptors (Lipinski definition) is 4. The molecule has 0 aromatic heterocycles. The van der Waals surface area contributed by atoms with Crippen molar-refractivity contribution in [2.45, 2.75) is 65.0 Å². The maximum atomic E-state index is 12.8. The summed E-state index contributed by atoms with van der Waals surface area (Å²) in [6, 6.07) is 0.341. The molecule has 0 bridgehead atoms. The number of rotatable bonds is 4. The minimum absolute atomic E-state index is 0.0302. The van der Waals surface area contributed by atoms with Gasteiger partial charge in [0.05, 0.1) is 6.04 Å². The van der Waals surface area contributed by atoms with Crippen molar-refractivity contribution in [1.82, 2.24) is 14.7 Å². The largest absolute Gasteiger partial charge is 0.447 e. The first-order chi connectivity index (χ1) is 12.9. The summed E-state index contributed by atoms with van der Waals surface area (Å²) in [5.74, 6) is 0.867. The SMILES string of the molecule is CC(=O)N1CCC(C(=O)N2CCC(N3C(=O)OCC3CC(C)C)CC2)CC1. The summed E-state index contributed by atoms with van der Waals surface area (Å²) in [7, 11) is 0. The molecular weight excluding hydrogens is 346 g/mol. The first kappa shape index (κ1) is 20.0. The van der Waals surface area contributed by atoms with Crippen molar-refractivity contribution >= 4 is 17.9 Å². The third-order valence-electron chi connectivity index (χ3n) is 6.21. The Balaban J connectivity index is 1.50. The number of piperidine rings is 2. The minimum atomic E-state index is -0.193. The molecular formula is C20H33N3O4.